The van der Waals surface area contributed by atoms with Crippen molar-refractivity contribution in [2.24, 2.45) is 0 Å². The van der Waals surface area contributed by atoms with E-state index in [1.54, 1.807) is 11.3 Å². The molecule has 2 heterocycles. The summed E-state index contributed by atoms with van der Waals surface area (Å²) in [7, 11) is 0. The second-order valence-corrected chi connectivity index (χ2v) is 6.21. The van der Waals surface area contributed by atoms with Crippen molar-refractivity contribution in [1.82, 2.24) is 19.8 Å². The quantitative estimate of drug-likeness (QED) is 0.731. The molecule has 0 aliphatic carbocycles. The van der Waals surface area contributed by atoms with E-state index in [9.17, 15) is 0 Å². The molecule has 5 heteroatoms. The van der Waals surface area contributed by atoms with Crippen molar-refractivity contribution < 1.29 is 0 Å². The van der Waals surface area contributed by atoms with Crippen molar-refractivity contribution in [1.29, 1.82) is 0 Å². The molecule has 1 atom stereocenters. The van der Waals surface area contributed by atoms with Crippen molar-refractivity contribution in [2.75, 3.05) is 0 Å². The molecule has 0 fully saturated rings. The van der Waals surface area contributed by atoms with Crippen molar-refractivity contribution in [3.8, 4) is 0 Å². The second kappa shape index (κ2) is 5.32. The topological polar surface area (TPSA) is 43.1 Å². The Hall–Kier alpha value is -1.75. The fourth-order valence-electron chi connectivity index (χ4n) is 2.39. The maximum Gasteiger partial charge on any atom is 0.234 e. The van der Waals surface area contributed by atoms with Crippen LogP contribution in [0, 0.1) is 0 Å². The van der Waals surface area contributed by atoms with Gasteiger partial charge >= 0.3 is 0 Å². The van der Waals surface area contributed by atoms with E-state index in [4.69, 9.17) is 5.10 Å². The molecule has 104 valence electrons. The lowest BCUT2D eigenvalue weighted by Crippen LogP contribution is -2.02. The summed E-state index contributed by atoms with van der Waals surface area (Å²) in [6.07, 6.45) is 1.03. The first-order valence-electron chi connectivity index (χ1n) is 6.97. The predicted molar refractivity (Wildman–Crippen MR) is 81.3 cm³/mol. The lowest BCUT2D eigenvalue weighted by Gasteiger charge is -2.11. The highest BCUT2D eigenvalue weighted by Gasteiger charge is 2.20. The van der Waals surface area contributed by atoms with Gasteiger partial charge in [-0.3, -0.25) is 0 Å². The minimum Gasteiger partial charge on any atom is -0.187 e. The third-order valence-corrected chi connectivity index (χ3v) is 4.47. The average Bonchev–Trinajstić information content (AvgIpc) is 3.00. The van der Waals surface area contributed by atoms with Crippen LogP contribution < -0.4 is 0 Å². The highest BCUT2D eigenvalue weighted by molar-refractivity contribution is 7.16. The Balaban J connectivity index is 2.04. The van der Waals surface area contributed by atoms with Crippen LogP contribution >= 0.6 is 11.3 Å². The fourth-order valence-corrected chi connectivity index (χ4v) is 3.44. The maximum atomic E-state index is 4.75. The van der Waals surface area contributed by atoms with E-state index in [2.05, 4.69) is 55.2 Å². The van der Waals surface area contributed by atoms with E-state index in [0.717, 1.165) is 22.2 Å². The van der Waals surface area contributed by atoms with Gasteiger partial charge in [0.2, 0.25) is 4.96 Å². The molecular formula is C15H18N4S. The van der Waals surface area contributed by atoms with Gasteiger partial charge in [-0.15, -0.1) is 10.2 Å². The Morgan fingerprint density at radius 2 is 1.90 bits per heavy atom. The number of hydrogen-bond donors (Lipinski definition) is 0. The van der Waals surface area contributed by atoms with Gasteiger partial charge in [0, 0.05) is 11.8 Å². The van der Waals surface area contributed by atoms with Gasteiger partial charge in [-0.25, -0.2) is 0 Å². The summed E-state index contributed by atoms with van der Waals surface area (Å²) in [6, 6.07) is 10.5. The van der Waals surface area contributed by atoms with E-state index >= 15 is 0 Å². The number of benzene rings is 1. The molecule has 1 unspecified atom stereocenters. The molecule has 3 rings (SSSR count). The van der Waals surface area contributed by atoms with Gasteiger partial charge < -0.3 is 0 Å². The molecule has 0 bridgehead atoms. The van der Waals surface area contributed by atoms with Gasteiger partial charge in [-0.1, -0.05) is 62.4 Å². The lowest BCUT2D eigenvalue weighted by molar-refractivity contribution is 0.694. The SMILES string of the molecule is CCC(c1ccccc1)c1nn2c(C(C)C)nnc2s1. The third-order valence-electron chi connectivity index (χ3n) is 3.46. The van der Waals surface area contributed by atoms with Crippen LogP contribution in [0.3, 0.4) is 0 Å². The van der Waals surface area contributed by atoms with Gasteiger partial charge in [-0.05, 0) is 12.0 Å². The average molecular weight is 286 g/mol. The molecule has 0 amide bonds. The van der Waals surface area contributed by atoms with E-state index < -0.39 is 0 Å². The molecule has 0 spiro atoms. The summed E-state index contributed by atoms with van der Waals surface area (Å²) < 4.78 is 1.90. The van der Waals surface area contributed by atoms with Gasteiger partial charge in [0.1, 0.15) is 5.01 Å². The molecular weight excluding hydrogens is 268 g/mol. The van der Waals surface area contributed by atoms with Crippen LogP contribution in [0.1, 0.15) is 55.4 Å². The summed E-state index contributed by atoms with van der Waals surface area (Å²) >= 11 is 1.64. The third kappa shape index (κ3) is 2.22. The normalized spacial score (nSPS) is 13.2. The molecule has 2 aromatic heterocycles. The zero-order valence-corrected chi connectivity index (χ0v) is 12.8. The molecule has 1 aromatic carbocycles. The Bertz CT molecular complexity index is 699. The van der Waals surface area contributed by atoms with Gasteiger partial charge in [0.05, 0.1) is 0 Å². The Morgan fingerprint density at radius 3 is 2.55 bits per heavy atom. The second-order valence-electron chi connectivity index (χ2n) is 5.22. The Kier molecular flexibility index (Phi) is 3.53. The number of nitrogens with zero attached hydrogens (tertiary/aromatic N) is 4. The van der Waals surface area contributed by atoms with Crippen LogP contribution in [0.15, 0.2) is 30.3 Å². The van der Waals surface area contributed by atoms with Crippen molar-refractivity contribution in [2.45, 2.75) is 39.0 Å². The summed E-state index contributed by atoms with van der Waals surface area (Å²) in [6.45, 7) is 6.43. The van der Waals surface area contributed by atoms with E-state index in [0.29, 0.717) is 11.8 Å². The van der Waals surface area contributed by atoms with E-state index in [-0.39, 0.29) is 0 Å². The molecule has 0 saturated heterocycles. The Morgan fingerprint density at radius 1 is 1.15 bits per heavy atom. The van der Waals surface area contributed by atoms with Crippen LogP contribution in [-0.4, -0.2) is 19.8 Å². The van der Waals surface area contributed by atoms with E-state index in [1.807, 2.05) is 10.6 Å². The summed E-state index contributed by atoms with van der Waals surface area (Å²) in [5.41, 5.74) is 1.31. The lowest BCUT2D eigenvalue weighted by atomic mass is 9.97. The smallest absolute Gasteiger partial charge is 0.187 e. The molecule has 20 heavy (non-hydrogen) atoms. The van der Waals surface area contributed by atoms with Crippen molar-refractivity contribution in [3.63, 3.8) is 0 Å². The first kappa shape index (κ1) is 13.2. The molecule has 0 aliphatic rings. The van der Waals surface area contributed by atoms with Crippen molar-refractivity contribution >= 4 is 16.3 Å². The van der Waals surface area contributed by atoms with Crippen LogP contribution in [0.5, 0.6) is 0 Å². The van der Waals surface area contributed by atoms with Crippen LogP contribution in [-0.2, 0) is 0 Å². The number of fused-ring (bicyclic) bond motifs is 1. The molecule has 0 N–H and O–H groups in total. The fraction of sp³-hybridized carbons (Fsp3) is 0.400. The maximum absolute atomic E-state index is 4.75. The predicted octanol–water partition coefficient (Wildman–Crippen LogP) is 3.85. The van der Waals surface area contributed by atoms with Gasteiger partial charge in [-0.2, -0.15) is 9.61 Å². The van der Waals surface area contributed by atoms with Crippen LogP contribution in [0.25, 0.3) is 4.96 Å². The van der Waals surface area contributed by atoms with Crippen LogP contribution in [0.4, 0.5) is 0 Å². The zero-order chi connectivity index (χ0) is 14.1. The van der Waals surface area contributed by atoms with Crippen molar-refractivity contribution in [3.05, 3.63) is 46.7 Å². The van der Waals surface area contributed by atoms with Crippen LogP contribution in [0.2, 0.25) is 0 Å². The van der Waals surface area contributed by atoms with Gasteiger partial charge in [0.15, 0.2) is 5.82 Å². The minimum atomic E-state index is 0.330. The summed E-state index contributed by atoms with van der Waals surface area (Å²) in [4.78, 5) is 0.887. The zero-order valence-electron chi connectivity index (χ0n) is 11.9. The number of hydrogen-bond acceptors (Lipinski definition) is 4. The van der Waals surface area contributed by atoms with E-state index in [1.165, 1.54) is 5.56 Å². The Labute approximate surface area is 122 Å². The highest BCUT2D eigenvalue weighted by atomic mass is 32.1. The monoisotopic (exact) mass is 286 g/mol. The number of rotatable bonds is 4. The first-order valence-corrected chi connectivity index (χ1v) is 7.79. The van der Waals surface area contributed by atoms with Gasteiger partial charge in [0.25, 0.3) is 0 Å². The summed E-state index contributed by atoms with van der Waals surface area (Å²) in [5.74, 6) is 1.60. The minimum absolute atomic E-state index is 0.330. The molecule has 0 radical (unpaired) electrons. The molecule has 0 saturated carbocycles. The molecule has 3 aromatic rings. The largest absolute Gasteiger partial charge is 0.234 e. The standard InChI is InChI=1S/C15H18N4S/c1-4-12(11-8-6-5-7-9-11)14-18-19-13(10(2)3)16-17-15(19)20-14/h5-10,12H,4H2,1-3H3. The molecule has 0 aliphatic heterocycles. The highest BCUT2D eigenvalue weighted by Crippen LogP contribution is 2.31. The molecule has 4 nitrogen and oxygen atoms in total. The first-order chi connectivity index (χ1) is 9.70. The number of aromatic nitrogens is 4. The summed E-state index contributed by atoms with van der Waals surface area (Å²) in [5, 5.41) is 14.3.